The summed E-state index contributed by atoms with van der Waals surface area (Å²) in [5.41, 5.74) is 9.37. The van der Waals surface area contributed by atoms with Crippen molar-refractivity contribution in [3.05, 3.63) is 29.3 Å². The fraction of sp³-hybridized carbons (Fsp3) is 0.571. The van der Waals surface area contributed by atoms with E-state index in [1.54, 1.807) is 7.11 Å². The van der Waals surface area contributed by atoms with Crippen molar-refractivity contribution in [3.8, 4) is 5.75 Å². The summed E-state index contributed by atoms with van der Waals surface area (Å²) in [6, 6.07) is 6.40. The zero-order chi connectivity index (χ0) is 11.2. The zero-order valence-corrected chi connectivity index (χ0v) is 9.83. The van der Waals surface area contributed by atoms with Gasteiger partial charge < -0.3 is 10.5 Å². The number of hydrogen-bond acceptors (Lipinski definition) is 2. The van der Waals surface area contributed by atoms with E-state index < -0.39 is 0 Å². The number of methoxy groups -OCH3 is 1. The van der Waals surface area contributed by atoms with E-state index in [0.717, 1.165) is 18.6 Å². The van der Waals surface area contributed by atoms with Crippen LogP contribution in [0.3, 0.4) is 0 Å². The van der Waals surface area contributed by atoms with E-state index in [0.29, 0.717) is 5.92 Å². The summed E-state index contributed by atoms with van der Waals surface area (Å²) in [6.07, 6.45) is 6.20. The molecule has 0 saturated heterocycles. The van der Waals surface area contributed by atoms with Gasteiger partial charge in [-0.05, 0) is 48.4 Å². The van der Waals surface area contributed by atoms with E-state index in [2.05, 4.69) is 12.1 Å². The quantitative estimate of drug-likeness (QED) is 0.784. The predicted molar refractivity (Wildman–Crippen MR) is 64.5 cm³/mol. The van der Waals surface area contributed by atoms with Gasteiger partial charge in [-0.3, -0.25) is 0 Å². The van der Waals surface area contributed by atoms with Crippen LogP contribution < -0.4 is 10.5 Å². The minimum Gasteiger partial charge on any atom is -0.497 e. The van der Waals surface area contributed by atoms with Crippen LogP contribution >= 0.6 is 0 Å². The molecule has 86 valence electrons. The van der Waals surface area contributed by atoms with E-state index in [1.807, 2.05) is 6.07 Å². The van der Waals surface area contributed by atoms with Gasteiger partial charge in [0, 0.05) is 5.54 Å². The number of ether oxygens (including phenoxy) is 1. The Labute approximate surface area is 96.8 Å². The van der Waals surface area contributed by atoms with Gasteiger partial charge in [-0.1, -0.05) is 18.9 Å². The summed E-state index contributed by atoms with van der Waals surface area (Å²) < 4.78 is 5.28. The molecule has 0 radical (unpaired) electrons. The monoisotopic (exact) mass is 217 g/mol. The van der Waals surface area contributed by atoms with Crippen molar-refractivity contribution in [3.63, 3.8) is 0 Å². The van der Waals surface area contributed by atoms with Gasteiger partial charge in [0.2, 0.25) is 0 Å². The van der Waals surface area contributed by atoms with Gasteiger partial charge >= 0.3 is 0 Å². The van der Waals surface area contributed by atoms with Gasteiger partial charge in [0.15, 0.2) is 0 Å². The Morgan fingerprint density at radius 1 is 1.38 bits per heavy atom. The van der Waals surface area contributed by atoms with E-state index in [1.165, 1.54) is 30.4 Å². The van der Waals surface area contributed by atoms with Crippen LogP contribution in [-0.2, 0) is 12.0 Å². The first-order valence-electron chi connectivity index (χ1n) is 6.20. The normalized spacial score (nSPS) is 32.0. The fourth-order valence-corrected chi connectivity index (χ4v) is 3.49. The lowest BCUT2D eigenvalue weighted by Crippen LogP contribution is -2.43. The number of rotatable bonds is 1. The average molecular weight is 217 g/mol. The molecular formula is C14H19NO. The smallest absolute Gasteiger partial charge is 0.119 e. The van der Waals surface area contributed by atoms with Crippen LogP contribution in [-0.4, -0.2) is 7.11 Å². The Balaban J connectivity index is 2.05. The lowest BCUT2D eigenvalue weighted by Gasteiger charge is -2.36. The second-order valence-electron chi connectivity index (χ2n) is 5.21. The van der Waals surface area contributed by atoms with Gasteiger partial charge in [0.25, 0.3) is 0 Å². The standard InChI is InChI=1S/C14H19NO/c1-16-12-5-6-13-10(9-12)8-11-4-2-3-7-14(11,13)15/h5-6,9,11H,2-4,7-8,15H2,1H3/t11-,14+/m0/s1. The number of nitrogens with two attached hydrogens (primary N) is 1. The molecule has 16 heavy (non-hydrogen) atoms. The molecule has 1 aromatic rings. The summed E-state index contributed by atoms with van der Waals surface area (Å²) >= 11 is 0. The van der Waals surface area contributed by atoms with Crippen LogP contribution in [0.5, 0.6) is 5.75 Å². The number of fused-ring (bicyclic) bond motifs is 3. The highest BCUT2D eigenvalue weighted by atomic mass is 16.5. The summed E-state index contributed by atoms with van der Waals surface area (Å²) in [5, 5.41) is 0. The SMILES string of the molecule is COc1ccc2c(c1)C[C@@H]1CCCC[C@]21N. The first kappa shape index (κ1) is 10.2. The summed E-state index contributed by atoms with van der Waals surface area (Å²) in [6.45, 7) is 0. The summed E-state index contributed by atoms with van der Waals surface area (Å²) in [5.74, 6) is 1.62. The summed E-state index contributed by atoms with van der Waals surface area (Å²) in [7, 11) is 1.72. The van der Waals surface area contributed by atoms with Crippen LogP contribution in [0.4, 0.5) is 0 Å². The first-order valence-corrected chi connectivity index (χ1v) is 6.20. The van der Waals surface area contributed by atoms with Crippen molar-refractivity contribution in [2.24, 2.45) is 11.7 Å². The topological polar surface area (TPSA) is 35.2 Å². The molecule has 2 nitrogen and oxygen atoms in total. The van der Waals surface area contributed by atoms with Crippen molar-refractivity contribution in [1.82, 2.24) is 0 Å². The number of benzene rings is 1. The van der Waals surface area contributed by atoms with Crippen LogP contribution in [0.15, 0.2) is 18.2 Å². The third-order valence-corrected chi connectivity index (χ3v) is 4.40. The molecule has 0 heterocycles. The highest BCUT2D eigenvalue weighted by Crippen LogP contribution is 2.48. The predicted octanol–water partition coefficient (Wildman–Crippen LogP) is 2.60. The van der Waals surface area contributed by atoms with Crippen molar-refractivity contribution < 1.29 is 4.74 Å². The van der Waals surface area contributed by atoms with E-state index in [9.17, 15) is 0 Å². The number of hydrogen-bond donors (Lipinski definition) is 1. The van der Waals surface area contributed by atoms with Gasteiger partial charge in [-0.25, -0.2) is 0 Å². The average Bonchev–Trinajstić information content (AvgIpc) is 2.61. The molecule has 2 atom stereocenters. The van der Waals surface area contributed by atoms with E-state index >= 15 is 0 Å². The molecule has 3 rings (SSSR count). The molecule has 0 unspecified atom stereocenters. The second kappa shape index (κ2) is 3.49. The maximum absolute atomic E-state index is 6.63. The molecule has 0 spiro atoms. The molecular weight excluding hydrogens is 198 g/mol. The van der Waals surface area contributed by atoms with Crippen LogP contribution in [0, 0.1) is 5.92 Å². The lowest BCUT2D eigenvalue weighted by atomic mass is 9.73. The van der Waals surface area contributed by atoms with Crippen LogP contribution in [0.2, 0.25) is 0 Å². The maximum Gasteiger partial charge on any atom is 0.119 e. The Morgan fingerprint density at radius 2 is 2.25 bits per heavy atom. The molecule has 1 fully saturated rings. The molecule has 2 N–H and O–H groups in total. The Morgan fingerprint density at radius 3 is 3.06 bits per heavy atom. The van der Waals surface area contributed by atoms with Crippen molar-refractivity contribution in [2.75, 3.05) is 7.11 Å². The highest BCUT2D eigenvalue weighted by molar-refractivity contribution is 5.44. The molecule has 0 aliphatic heterocycles. The molecule has 1 saturated carbocycles. The molecule has 1 aromatic carbocycles. The van der Waals surface area contributed by atoms with Crippen LogP contribution in [0.1, 0.15) is 36.8 Å². The fourth-order valence-electron chi connectivity index (χ4n) is 3.49. The minimum absolute atomic E-state index is 0.0418. The van der Waals surface area contributed by atoms with Gasteiger partial charge in [0.05, 0.1) is 7.11 Å². The zero-order valence-electron chi connectivity index (χ0n) is 9.83. The largest absolute Gasteiger partial charge is 0.497 e. The molecule has 0 aromatic heterocycles. The van der Waals surface area contributed by atoms with E-state index in [4.69, 9.17) is 10.5 Å². The Hall–Kier alpha value is -1.02. The highest BCUT2D eigenvalue weighted by Gasteiger charge is 2.44. The third kappa shape index (κ3) is 1.29. The molecule has 2 aliphatic rings. The molecule has 0 bridgehead atoms. The van der Waals surface area contributed by atoms with Crippen molar-refractivity contribution in [2.45, 2.75) is 37.6 Å². The van der Waals surface area contributed by atoms with Crippen LogP contribution in [0.25, 0.3) is 0 Å². The van der Waals surface area contributed by atoms with Gasteiger partial charge in [-0.15, -0.1) is 0 Å². The molecule has 0 amide bonds. The van der Waals surface area contributed by atoms with Crippen molar-refractivity contribution in [1.29, 1.82) is 0 Å². The lowest BCUT2D eigenvalue weighted by molar-refractivity contribution is 0.212. The first-order chi connectivity index (χ1) is 7.74. The maximum atomic E-state index is 6.63. The third-order valence-electron chi connectivity index (χ3n) is 4.40. The van der Waals surface area contributed by atoms with Gasteiger partial charge in [0.1, 0.15) is 5.75 Å². The van der Waals surface area contributed by atoms with E-state index in [-0.39, 0.29) is 5.54 Å². The molecule has 2 aliphatic carbocycles. The summed E-state index contributed by atoms with van der Waals surface area (Å²) in [4.78, 5) is 0. The molecule has 2 heteroatoms. The van der Waals surface area contributed by atoms with Crippen molar-refractivity contribution >= 4 is 0 Å². The minimum atomic E-state index is -0.0418. The Kier molecular flexibility index (Phi) is 2.21. The second-order valence-corrected chi connectivity index (χ2v) is 5.21. The Bertz CT molecular complexity index is 415. The van der Waals surface area contributed by atoms with Gasteiger partial charge in [-0.2, -0.15) is 0 Å².